The quantitative estimate of drug-likeness (QED) is 0.533. The molecule has 1 aliphatic carbocycles. The predicted molar refractivity (Wildman–Crippen MR) is 108 cm³/mol. The van der Waals surface area contributed by atoms with E-state index in [0.717, 1.165) is 37.4 Å². The molecule has 2 fully saturated rings. The van der Waals surface area contributed by atoms with Crippen molar-refractivity contribution in [1.29, 1.82) is 0 Å². The molecule has 1 saturated heterocycles. The summed E-state index contributed by atoms with van der Waals surface area (Å²) < 4.78 is 57.5. The number of piperazine rings is 1. The second-order valence-electron chi connectivity index (χ2n) is 8.24. The zero-order valence-corrected chi connectivity index (χ0v) is 17.9. The van der Waals surface area contributed by atoms with Gasteiger partial charge in [-0.15, -0.1) is 0 Å². The van der Waals surface area contributed by atoms with Gasteiger partial charge in [0.15, 0.2) is 0 Å². The molecule has 0 bridgehead atoms. The molecule has 1 N–H and O–H groups in total. The number of hydrogen-bond donors (Lipinski definition) is 1. The fourth-order valence-corrected chi connectivity index (χ4v) is 5.57. The third-order valence-electron chi connectivity index (χ3n) is 6.04. The summed E-state index contributed by atoms with van der Waals surface area (Å²) in [5.74, 6) is -3.17. The molecule has 1 saturated carbocycles. The summed E-state index contributed by atoms with van der Waals surface area (Å²) in [7, 11) is -4.26. The summed E-state index contributed by atoms with van der Waals surface area (Å²) in [6.07, 6.45) is 0.450. The van der Waals surface area contributed by atoms with Crippen molar-refractivity contribution in [2.75, 3.05) is 26.2 Å². The number of benzene rings is 1. The molecular weight excluding hydrogens is 418 g/mol. The minimum atomic E-state index is -4.26. The summed E-state index contributed by atoms with van der Waals surface area (Å²) >= 11 is 0. The van der Waals surface area contributed by atoms with E-state index in [2.05, 4.69) is 23.5 Å². The maximum atomic E-state index is 14.8. The second-order valence-corrected chi connectivity index (χ2v) is 9.95. The minimum absolute atomic E-state index is 0.266. The van der Waals surface area contributed by atoms with E-state index in [9.17, 15) is 27.3 Å². The molecule has 2 aliphatic rings. The van der Waals surface area contributed by atoms with Gasteiger partial charge in [0.25, 0.3) is 11.6 Å². The average Bonchev–Trinajstić information content (AvgIpc) is 2.69. The van der Waals surface area contributed by atoms with E-state index in [1.807, 2.05) is 4.90 Å². The topological polar surface area (TPSA) is 95.8 Å². The van der Waals surface area contributed by atoms with Gasteiger partial charge >= 0.3 is 0 Å². The Kier molecular flexibility index (Phi) is 6.75. The van der Waals surface area contributed by atoms with Crippen molar-refractivity contribution in [3.05, 3.63) is 34.4 Å². The molecule has 3 rings (SSSR count). The van der Waals surface area contributed by atoms with Gasteiger partial charge in [0.05, 0.1) is 9.82 Å². The van der Waals surface area contributed by atoms with E-state index < -0.39 is 33.0 Å². The molecule has 1 aromatic carbocycles. The van der Waals surface area contributed by atoms with Crippen LogP contribution in [-0.2, 0) is 10.0 Å². The number of alkyl halides is 2. The Labute approximate surface area is 175 Å². The number of halogens is 2. The zero-order valence-electron chi connectivity index (χ0n) is 17.1. The highest BCUT2D eigenvalue weighted by molar-refractivity contribution is 7.89. The third-order valence-corrected chi connectivity index (χ3v) is 7.49. The van der Waals surface area contributed by atoms with Crippen LogP contribution in [-0.4, -0.2) is 73.4 Å². The van der Waals surface area contributed by atoms with Gasteiger partial charge in [-0.1, -0.05) is 0 Å². The summed E-state index contributed by atoms with van der Waals surface area (Å²) in [5, 5.41) is 10.8. The number of sulfonamides is 1. The van der Waals surface area contributed by atoms with Crippen LogP contribution < -0.4 is 4.72 Å². The number of nitrogens with one attached hydrogen (secondary N) is 1. The van der Waals surface area contributed by atoms with Crippen LogP contribution in [0.5, 0.6) is 0 Å². The van der Waals surface area contributed by atoms with Crippen LogP contribution in [0.25, 0.3) is 0 Å². The summed E-state index contributed by atoms with van der Waals surface area (Å²) in [6, 6.07) is 2.46. The van der Waals surface area contributed by atoms with E-state index in [4.69, 9.17) is 0 Å². The molecule has 8 nitrogen and oxygen atoms in total. The van der Waals surface area contributed by atoms with Crippen LogP contribution in [0, 0.1) is 10.1 Å². The SMILES string of the molecule is CC(C)N1CCN([C@H]2CCCC(F)(F)[C@@H]2NS(=O)(=O)c2ccc([N+](=O)[O-])cc2)CC1. The lowest BCUT2D eigenvalue weighted by molar-refractivity contribution is -0.384. The average molecular weight is 447 g/mol. The Morgan fingerprint density at radius 2 is 1.77 bits per heavy atom. The van der Waals surface area contributed by atoms with Crippen molar-refractivity contribution in [2.45, 2.75) is 62.1 Å². The fourth-order valence-electron chi connectivity index (χ4n) is 4.28. The van der Waals surface area contributed by atoms with Gasteiger partial charge in [-0.3, -0.25) is 19.9 Å². The van der Waals surface area contributed by atoms with Gasteiger partial charge in [-0.25, -0.2) is 21.9 Å². The molecule has 1 aliphatic heterocycles. The first-order valence-corrected chi connectivity index (χ1v) is 11.6. The molecule has 11 heteroatoms. The number of rotatable bonds is 6. The summed E-state index contributed by atoms with van der Waals surface area (Å²) in [6.45, 7) is 6.89. The molecule has 30 heavy (non-hydrogen) atoms. The van der Waals surface area contributed by atoms with Crippen LogP contribution in [0.15, 0.2) is 29.2 Å². The second kappa shape index (κ2) is 8.81. The van der Waals surface area contributed by atoms with E-state index in [0.29, 0.717) is 32.0 Å². The Hall–Kier alpha value is -1.69. The Bertz CT molecular complexity index is 856. The number of nitro groups is 1. The fraction of sp³-hybridized carbons (Fsp3) is 0.684. The van der Waals surface area contributed by atoms with Crippen molar-refractivity contribution >= 4 is 15.7 Å². The standard InChI is InChI=1S/C19H28F2N4O4S/c1-14(2)23-10-12-24(13-11-23)17-4-3-9-19(20,21)18(17)22-30(28,29)16-7-5-15(6-8-16)25(26)27/h5-8,14,17-18,22H,3-4,9-13H2,1-2H3/t17-,18+/m0/s1. The number of hydrogen-bond acceptors (Lipinski definition) is 6. The van der Waals surface area contributed by atoms with Crippen molar-refractivity contribution < 1.29 is 22.1 Å². The van der Waals surface area contributed by atoms with Crippen molar-refractivity contribution in [2.24, 2.45) is 0 Å². The maximum Gasteiger partial charge on any atom is 0.269 e. The van der Waals surface area contributed by atoms with E-state index in [1.165, 1.54) is 0 Å². The largest absolute Gasteiger partial charge is 0.298 e. The maximum absolute atomic E-state index is 14.8. The van der Waals surface area contributed by atoms with Gasteiger partial charge in [0, 0.05) is 56.8 Å². The number of nitro benzene ring substituents is 1. The van der Waals surface area contributed by atoms with Crippen molar-refractivity contribution in [3.8, 4) is 0 Å². The highest BCUT2D eigenvalue weighted by atomic mass is 32.2. The van der Waals surface area contributed by atoms with Crippen LogP contribution in [0.4, 0.5) is 14.5 Å². The predicted octanol–water partition coefficient (Wildman–Crippen LogP) is 2.46. The highest BCUT2D eigenvalue weighted by Crippen LogP contribution is 2.37. The first-order chi connectivity index (χ1) is 14.0. The first kappa shape index (κ1) is 23.0. The number of non-ortho nitro benzene ring substituents is 1. The molecule has 2 atom stereocenters. The molecule has 0 spiro atoms. The van der Waals surface area contributed by atoms with E-state index in [-0.39, 0.29) is 17.0 Å². The molecule has 1 heterocycles. The molecule has 1 aromatic rings. The Morgan fingerprint density at radius 1 is 1.17 bits per heavy atom. The molecule has 0 amide bonds. The van der Waals surface area contributed by atoms with E-state index >= 15 is 0 Å². The van der Waals surface area contributed by atoms with Crippen LogP contribution in [0.3, 0.4) is 0 Å². The molecule has 168 valence electrons. The lowest BCUT2D eigenvalue weighted by Gasteiger charge is -2.47. The first-order valence-electron chi connectivity index (χ1n) is 10.1. The van der Waals surface area contributed by atoms with Crippen LogP contribution in [0.2, 0.25) is 0 Å². The molecular formula is C19H28F2N4O4S. The minimum Gasteiger partial charge on any atom is -0.298 e. The molecule has 0 unspecified atom stereocenters. The van der Waals surface area contributed by atoms with Crippen LogP contribution >= 0.6 is 0 Å². The van der Waals surface area contributed by atoms with Crippen LogP contribution in [0.1, 0.15) is 33.1 Å². The van der Waals surface area contributed by atoms with Gasteiger partial charge in [-0.2, -0.15) is 0 Å². The molecule has 0 radical (unpaired) electrons. The zero-order chi connectivity index (χ0) is 22.1. The lowest BCUT2D eigenvalue weighted by Crippen LogP contribution is -2.64. The number of nitrogens with zero attached hydrogens (tertiary/aromatic N) is 3. The smallest absolute Gasteiger partial charge is 0.269 e. The summed E-state index contributed by atoms with van der Waals surface area (Å²) in [5.41, 5.74) is -0.266. The summed E-state index contributed by atoms with van der Waals surface area (Å²) in [4.78, 5) is 14.1. The van der Waals surface area contributed by atoms with Gasteiger partial charge in [0.1, 0.15) is 6.04 Å². The Morgan fingerprint density at radius 3 is 2.30 bits per heavy atom. The van der Waals surface area contributed by atoms with Gasteiger partial charge < -0.3 is 0 Å². The Balaban J connectivity index is 1.80. The van der Waals surface area contributed by atoms with Crippen molar-refractivity contribution in [1.82, 2.24) is 14.5 Å². The molecule has 0 aromatic heterocycles. The van der Waals surface area contributed by atoms with Gasteiger partial charge in [0.2, 0.25) is 10.0 Å². The normalized spacial score (nSPS) is 26.0. The third kappa shape index (κ3) is 4.96. The van der Waals surface area contributed by atoms with Gasteiger partial charge in [-0.05, 0) is 38.8 Å². The monoisotopic (exact) mass is 446 g/mol. The highest BCUT2D eigenvalue weighted by Gasteiger charge is 2.50. The lowest BCUT2D eigenvalue weighted by atomic mass is 9.86. The van der Waals surface area contributed by atoms with Crippen molar-refractivity contribution in [3.63, 3.8) is 0 Å². The van der Waals surface area contributed by atoms with E-state index in [1.54, 1.807) is 0 Å².